The predicted octanol–water partition coefficient (Wildman–Crippen LogP) is 2.36. The van der Waals surface area contributed by atoms with Gasteiger partial charge in [0.25, 0.3) is 0 Å². The van der Waals surface area contributed by atoms with E-state index in [4.69, 9.17) is 0 Å². The molecule has 1 saturated carbocycles. The maximum absolute atomic E-state index is 3.67. The molecule has 3 heteroatoms. The fourth-order valence-electron chi connectivity index (χ4n) is 3.29. The Kier molecular flexibility index (Phi) is 4.94. The molecule has 1 aliphatic heterocycles. The smallest absolute Gasteiger partial charge is 0.0475 e. The maximum atomic E-state index is 3.67. The van der Waals surface area contributed by atoms with Crippen molar-refractivity contribution in [3.8, 4) is 0 Å². The molecule has 3 rings (SSSR count). The SMILES string of the molecule is CC(CNC1CC1)CN1CCN(C)CC1c1ccccc1. The second-order valence-electron chi connectivity index (χ2n) is 6.97. The molecule has 2 atom stereocenters. The minimum Gasteiger partial charge on any atom is -0.314 e. The first-order chi connectivity index (χ1) is 10.2. The first-order valence-corrected chi connectivity index (χ1v) is 8.43. The molecule has 0 aromatic heterocycles. The summed E-state index contributed by atoms with van der Waals surface area (Å²) in [4.78, 5) is 5.15. The van der Waals surface area contributed by atoms with E-state index in [0.717, 1.165) is 18.5 Å². The van der Waals surface area contributed by atoms with Crippen LogP contribution < -0.4 is 5.32 Å². The molecule has 2 fully saturated rings. The third-order valence-corrected chi connectivity index (χ3v) is 4.76. The van der Waals surface area contributed by atoms with Gasteiger partial charge in [-0.25, -0.2) is 0 Å². The Balaban J connectivity index is 1.60. The Bertz CT molecular complexity index is 429. The molecule has 1 N–H and O–H groups in total. The highest BCUT2D eigenvalue weighted by molar-refractivity contribution is 5.20. The second kappa shape index (κ2) is 6.91. The molecule has 21 heavy (non-hydrogen) atoms. The van der Waals surface area contributed by atoms with Gasteiger partial charge in [0.1, 0.15) is 0 Å². The van der Waals surface area contributed by atoms with Crippen molar-refractivity contribution < 1.29 is 0 Å². The van der Waals surface area contributed by atoms with E-state index in [9.17, 15) is 0 Å². The molecule has 0 radical (unpaired) electrons. The number of nitrogens with zero attached hydrogens (tertiary/aromatic N) is 2. The van der Waals surface area contributed by atoms with Gasteiger partial charge in [0.15, 0.2) is 0 Å². The molecule has 1 heterocycles. The fourth-order valence-corrected chi connectivity index (χ4v) is 3.29. The maximum Gasteiger partial charge on any atom is 0.0475 e. The molecular weight excluding hydrogens is 258 g/mol. The molecule has 116 valence electrons. The van der Waals surface area contributed by atoms with Gasteiger partial charge in [0.2, 0.25) is 0 Å². The van der Waals surface area contributed by atoms with Crippen molar-refractivity contribution in [2.24, 2.45) is 5.92 Å². The third-order valence-electron chi connectivity index (χ3n) is 4.76. The van der Waals surface area contributed by atoms with E-state index in [0.29, 0.717) is 6.04 Å². The van der Waals surface area contributed by atoms with E-state index >= 15 is 0 Å². The fraction of sp³-hybridized carbons (Fsp3) is 0.667. The summed E-state index contributed by atoms with van der Waals surface area (Å²) in [5.74, 6) is 0.722. The van der Waals surface area contributed by atoms with Crippen molar-refractivity contribution in [1.29, 1.82) is 0 Å². The predicted molar refractivity (Wildman–Crippen MR) is 88.4 cm³/mol. The van der Waals surface area contributed by atoms with Crippen LogP contribution in [-0.2, 0) is 0 Å². The van der Waals surface area contributed by atoms with Crippen LogP contribution in [0.1, 0.15) is 31.4 Å². The van der Waals surface area contributed by atoms with Gasteiger partial charge in [-0.15, -0.1) is 0 Å². The van der Waals surface area contributed by atoms with Crippen molar-refractivity contribution in [2.75, 3.05) is 39.8 Å². The van der Waals surface area contributed by atoms with E-state index in [-0.39, 0.29) is 0 Å². The Morgan fingerprint density at radius 1 is 1.19 bits per heavy atom. The molecule has 2 unspecified atom stereocenters. The summed E-state index contributed by atoms with van der Waals surface area (Å²) >= 11 is 0. The van der Waals surface area contributed by atoms with E-state index < -0.39 is 0 Å². The largest absolute Gasteiger partial charge is 0.314 e. The lowest BCUT2D eigenvalue weighted by molar-refractivity contribution is 0.0771. The zero-order valence-electron chi connectivity index (χ0n) is 13.5. The number of nitrogens with one attached hydrogen (secondary N) is 1. The highest BCUT2D eigenvalue weighted by Crippen LogP contribution is 2.26. The number of likely N-dealkylation sites (N-methyl/N-ethyl adjacent to an activating group) is 1. The lowest BCUT2D eigenvalue weighted by Gasteiger charge is -2.41. The number of piperazine rings is 1. The average Bonchev–Trinajstić information content (AvgIpc) is 3.32. The van der Waals surface area contributed by atoms with Gasteiger partial charge in [0.05, 0.1) is 0 Å². The molecule has 1 aliphatic carbocycles. The van der Waals surface area contributed by atoms with Crippen molar-refractivity contribution >= 4 is 0 Å². The van der Waals surface area contributed by atoms with Crippen LogP contribution in [0.25, 0.3) is 0 Å². The topological polar surface area (TPSA) is 18.5 Å². The van der Waals surface area contributed by atoms with Crippen LogP contribution in [0.5, 0.6) is 0 Å². The summed E-state index contributed by atoms with van der Waals surface area (Å²) in [6.45, 7) is 8.27. The Morgan fingerprint density at radius 3 is 2.67 bits per heavy atom. The van der Waals surface area contributed by atoms with Gasteiger partial charge in [0, 0.05) is 38.3 Å². The van der Waals surface area contributed by atoms with Crippen LogP contribution in [-0.4, -0.2) is 55.6 Å². The van der Waals surface area contributed by atoms with Crippen LogP contribution in [0.4, 0.5) is 0 Å². The lowest BCUT2D eigenvalue weighted by Crippen LogP contribution is -2.48. The van der Waals surface area contributed by atoms with E-state index in [2.05, 4.69) is 59.4 Å². The van der Waals surface area contributed by atoms with Crippen molar-refractivity contribution in [2.45, 2.75) is 31.8 Å². The molecular formula is C18H29N3. The van der Waals surface area contributed by atoms with E-state index in [1.165, 1.54) is 44.6 Å². The first-order valence-electron chi connectivity index (χ1n) is 8.43. The molecule has 1 aromatic carbocycles. The standard InChI is InChI=1S/C18H29N3/c1-15(12-19-17-8-9-17)13-21-11-10-20(2)14-18(21)16-6-4-3-5-7-16/h3-7,15,17-19H,8-14H2,1-2H3. The summed E-state index contributed by atoms with van der Waals surface area (Å²) in [7, 11) is 2.24. The molecule has 0 amide bonds. The summed E-state index contributed by atoms with van der Waals surface area (Å²) in [5.41, 5.74) is 1.46. The summed E-state index contributed by atoms with van der Waals surface area (Å²) in [6, 6.07) is 12.4. The molecule has 2 aliphatic rings. The summed E-state index contributed by atoms with van der Waals surface area (Å²) < 4.78 is 0. The highest BCUT2D eigenvalue weighted by atomic mass is 15.3. The normalized spacial score (nSPS) is 25.9. The zero-order chi connectivity index (χ0) is 14.7. The van der Waals surface area contributed by atoms with Crippen LogP contribution in [0.2, 0.25) is 0 Å². The highest BCUT2D eigenvalue weighted by Gasteiger charge is 2.28. The monoisotopic (exact) mass is 287 g/mol. The Labute approximate surface area is 129 Å². The van der Waals surface area contributed by atoms with Crippen molar-refractivity contribution in [3.05, 3.63) is 35.9 Å². The number of hydrogen-bond donors (Lipinski definition) is 1. The van der Waals surface area contributed by atoms with Gasteiger partial charge >= 0.3 is 0 Å². The quantitative estimate of drug-likeness (QED) is 0.866. The summed E-state index contributed by atoms with van der Waals surface area (Å²) in [5, 5.41) is 3.67. The first kappa shape index (κ1) is 15.0. The number of benzene rings is 1. The van der Waals surface area contributed by atoms with Crippen LogP contribution >= 0.6 is 0 Å². The van der Waals surface area contributed by atoms with Crippen LogP contribution in [0.15, 0.2) is 30.3 Å². The summed E-state index contributed by atoms with van der Waals surface area (Å²) in [6.07, 6.45) is 2.77. The number of rotatable bonds is 6. The van der Waals surface area contributed by atoms with Crippen molar-refractivity contribution in [1.82, 2.24) is 15.1 Å². The van der Waals surface area contributed by atoms with E-state index in [1.54, 1.807) is 0 Å². The van der Waals surface area contributed by atoms with Gasteiger partial charge in [-0.1, -0.05) is 37.3 Å². The molecule has 1 saturated heterocycles. The molecule has 0 bridgehead atoms. The zero-order valence-corrected chi connectivity index (χ0v) is 13.5. The minimum atomic E-state index is 0.549. The minimum absolute atomic E-state index is 0.549. The van der Waals surface area contributed by atoms with Crippen LogP contribution in [0, 0.1) is 5.92 Å². The second-order valence-corrected chi connectivity index (χ2v) is 6.97. The van der Waals surface area contributed by atoms with E-state index in [1.807, 2.05) is 0 Å². The lowest BCUT2D eigenvalue weighted by atomic mass is 10.0. The van der Waals surface area contributed by atoms with Crippen LogP contribution in [0.3, 0.4) is 0 Å². The molecule has 1 aromatic rings. The van der Waals surface area contributed by atoms with Crippen molar-refractivity contribution in [3.63, 3.8) is 0 Å². The van der Waals surface area contributed by atoms with Gasteiger partial charge in [-0.05, 0) is 37.9 Å². The Hall–Kier alpha value is -0.900. The third kappa shape index (κ3) is 4.29. The Morgan fingerprint density at radius 2 is 1.95 bits per heavy atom. The van der Waals surface area contributed by atoms with Gasteiger partial charge in [-0.2, -0.15) is 0 Å². The molecule has 3 nitrogen and oxygen atoms in total. The molecule has 0 spiro atoms. The van der Waals surface area contributed by atoms with Gasteiger partial charge < -0.3 is 10.2 Å². The number of hydrogen-bond acceptors (Lipinski definition) is 3. The average molecular weight is 287 g/mol. The van der Waals surface area contributed by atoms with Gasteiger partial charge in [-0.3, -0.25) is 4.90 Å².